The van der Waals surface area contributed by atoms with Gasteiger partial charge in [-0.15, -0.1) is 0 Å². The van der Waals surface area contributed by atoms with Gasteiger partial charge in [0, 0.05) is 5.69 Å². The van der Waals surface area contributed by atoms with Gasteiger partial charge in [-0.1, -0.05) is 6.07 Å². The average molecular weight is 265 g/mol. The molecule has 0 radical (unpaired) electrons. The van der Waals surface area contributed by atoms with Crippen molar-refractivity contribution in [3.8, 4) is 0 Å². The molecule has 0 bridgehead atoms. The predicted octanol–water partition coefficient (Wildman–Crippen LogP) is -0.0683. The molecule has 0 aliphatic carbocycles. The van der Waals surface area contributed by atoms with Gasteiger partial charge in [-0.2, -0.15) is 0 Å². The van der Waals surface area contributed by atoms with Gasteiger partial charge < -0.3 is 19.8 Å². The van der Waals surface area contributed by atoms with E-state index in [4.69, 9.17) is 0 Å². The highest BCUT2D eigenvalue weighted by Gasteiger charge is 2.47. The maximum atomic E-state index is 11.9. The molecule has 0 saturated carbocycles. The molecule has 2 atom stereocenters. The number of hydrogen-bond donors (Lipinski definition) is 2. The van der Waals surface area contributed by atoms with Crippen molar-refractivity contribution in [2.24, 2.45) is 0 Å². The number of esters is 1. The molecule has 2 rings (SSSR count). The van der Waals surface area contributed by atoms with Crippen molar-refractivity contribution in [3.05, 3.63) is 29.8 Å². The number of β-amino-alcohol motifs (C(OH)–C–C–N with tert-alkyl or cyclic N) is 1. The number of ether oxygens (including phenoxy) is 1. The van der Waals surface area contributed by atoms with Crippen LogP contribution < -0.4 is 4.90 Å². The topological polar surface area (TPSA) is 87.1 Å². The molecule has 1 fully saturated rings. The quantitative estimate of drug-likeness (QED) is 0.731. The monoisotopic (exact) mass is 265 g/mol. The predicted molar refractivity (Wildman–Crippen MR) is 66.8 cm³/mol. The first kappa shape index (κ1) is 13.5. The van der Waals surface area contributed by atoms with Gasteiger partial charge in [0.1, 0.15) is 5.60 Å². The average Bonchev–Trinajstić information content (AvgIpc) is 2.61. The van der Waals surface area contributed by atoms with Crippen LogP contribution in [-0.2, 0) is 9.53 Å². The van der Waals surface area contributed by atoms with Gasteiger partial charge >= 0.3 is 5.97 Å². The van der Waals surface area contributed by atoms with Crippen LogP contribution in [0.2, 0.25) is 0 Å². The second-order valence-corrected chi connectivity index (χ2v) is 4.73. The zero-order chi connectivity index (χ0) is 14.2. The van der Waals surface area contributed by atoms with Gasteiger partial charge in [0.05, 0.1) is 19.2 Å². The van der Waals surface area contributed by atoms with Crippen molar-refractivity contribution in [2.75, 3.05) is 18.6 Å². The van der Waals surface area contributed by atoms with Crippen molar-refractivity contribution in [3.63, 3.8) is 0 Å². The van der Waals surface area contributed by atoms with Crippen LogP contribution in [0.1, 0.15) is 17.3 Å². The number of benzene rings is 1. The number of anilines is 1. The third kappa shape index (κ3) is 2.32. The fraction of sp³-hybridized carbons (Fsp3) is 0.385. The van der Waals surface area contributed by atoms with Crippen LogP contribution in [0.4, 0.5) is 5.69 Å². The summed E-state index contributed by atoms with van der Waals surface area (Å²) in [5.74, 6) is -1.10. The SMILES string of the molecule is COC(=O)c1cccc(N2C[C@](C)(O)[C@H](O)C2=O)c1. The second-order valence-electron chi connectivity index (χ2n) is 4.73. The zero-order valence-corrected chi connectivity index (χ0v) is 10.7. The number of aliphatic hydroxyl groups is 2. The summed E-state index contributed by atoms with van der Waals surface area (Å²) in [5, 5.41) is 19.5. The highest BCUT2D eigenvalue weighted by atomic mass is 16.5. The first-order valence-corrected chi connectivity index (χ1v) is 5.77. The molecule has 102 valence electrons. The van der Waals surface area contributed by atoms with Crippen LogP contribution in [0, 0.1) is 0 Å². The van der Waals surface area contributed by atoms with Crippen LogP contribution in [0.5, 0.6) is 0 Å². The Hall–Kier alpha value is -1.92. The van der Waals surface area contributed by atoms with Crippen LogP contribution in [0.3, 0.4) is 0 Å². The summed E-state index contributed by atoms with van der Waals surface area (Å²) in [5.41, 5.74) is -0.767. The lowest BCUT2D eigenvalue weighted by Gasteiger charge is -2.19. The molecule has 2 N–H and O–H groups in total. The molecule has 1 aromatic carbocycles. The molecule has 1 aromatic rings. The Kier molecular flexibility index (Phi) is 3.30. The molecule has 1 aliphatic rings. The third-order valence-corrected chi connectivity index (χ3v) is 3.15. The third-order valence-electron chi connectivity index (χ3n) is 3.15. The Balaban J connectivity index is 2.33. The Morgan fingerprint density at radius 2 is 2.21 bits per heavy atom. The fourth-order valence-electron chi connectivity index (χ4n) is 2.04. The van der Waals surface area contributed by atoms with Gasteiger partial charge in [-0.25, -0.2) is 4.79 Å². The van der Waals surface area contributed by atoms with E-state index in [1.165, 1.54) is 25.0 Å². The Morgan fingerprint density at radius 3 is 2.74 bits per heavy atom. The molecule has 0 unspecified atom stereocenters. The summed E-state index contributed by atoms with van der Waals surface area (Å²) >= 11 is 0. The minimum Gasteiger partial charge on any atom is -0.465 e. The van der Waals surface area contributed by atoms with E-state index in [0.717, 1.165) is 0 Å². The normalized spacial score (nSPS) is 26.6. The summed E-state index contributed by atoms with van der Waals surface area (Å²) in [6, 6.07) is 6.27. The van der Waals surface area contributed by atoms with E-state index >= 15 is 0 Å². The smallest absolute Gasteiger partial charge is 0.337 e. The number of hydrogen-bond acceptors (Lipinski definition) is 5. The molecule has 19 heavy (non-hydrogen) atoms. The van der Waals surface area contributed by atoms with Gasteiger partial charge in [0.15, 0.2) is 6.10 Å². The Morgan fingerprint density at radius 1 is 1.53 bits per heavy atom. The summed E-state index contributed by atoms with van der Waals surface area (Å²) in [4.78, 5) is 24.5. The van der Waals surface area contributed by atoms with Crippen LogP contribution >= 0.6 is 0 Å². The van der Waals surface area contributed by atoms with Crippen LogP contribution in [-0.4, -0.2) is 47.4 Å². The van der Waals surface area contributed by atoms with E-state index in [1.54, 1.807) is 18.2 Å². The van der Waals surface area contributed by atoms with E-state index in [1.807, 2.05) is 0 Å². The molecule has 6 nitrogen and oxygen atoms in total. The first-order chi connectivity index (χ1) is 8.86. The van der Waals surface area contributed by atoms with Crippen molar-refractivity contribution in [1.82, 2.24) is 0 Å². The zero-order valence-electron chi connectivity index (χ0n) is 10.7. The van der Waals surface area contributed by atoms with Crippen LogP contribution in [0.15, 0.2) is 24.3 Å². The van der Waals surface area contributed by atoms with Crippen LogP contribution in [0.25, 0.3) is 0 Å². The Labute approximate surface area is 110 Å². The van der Waals surface area contributed by atoms with E-state index in [-0.39, 0.29) is 6.54 Å². The van der Waals surface area contributed by atoms with E-state index in [2.05, 4.69) is 4.74 Å². The number of aliphatic hydroxyl groups excluding tert-OH is 1. The molecule has 0 aromatic heterocycles. The molecule has 1 aliphatic heterocycles. The summed E-state index contributed by atoms with van der Waals surface area (Å²) in [7, 11) is 1.27. The minimum absolute atomic E-state index is 0.0301. The molecule has 0 spiro atoms. The van der Waals surface area contributed by atoms with Crippen molar-refractivity contribution < 1.29 is 24.5 Å². The highest BCUT2D eigenvalue weighted by Crippen LogP contribution is 2.28. The summed E-state index contributed by atoms with van der Waals surface area (Å²) < 4.78 is 4.60. The standard InChI is InChI=1S/C13H15NO5/c1-13(18)7-14(11(16)10(13)15)9-5-3-4-8(6-9)12(17)19-2/h3-6,10,15,18H,7H2,1-2H3/t10-,13+/m1/s1. The number of amides is 1. The van der Waals surface area contributed by atoms with Crippen molar-refractivity contribution in [1.29, 1.82) is 0 Å². The molecular weight excluding hydrogens is 250 g/mol. The van der Waals surface area contributed by atoms with Crippen molar-refractivity contribution >= 4 is 17.6 Å². The number of nitrogens with zero attached hydrogens (tertiary/aromatic N) is 1. The lowest BCUT2D eigenvalue weighted by molar-refractivity contribution is -0.130. The fourth-order valence-corrected chi connectivity index (χ4v) is 2.04. The number of carbonyl (C=O) groups excluding carboxylic acids is 2. The largest absolute Gasteiger partial charge is 0.465 e. The summed E-state index contributed by atoms with van der Waals surface area (Å²) in [6.07, 6.45) is -1.46. The second kappa shape index (κ2) is 4.64. The maximum Gasteiger partial charge on any atom is 0.337 e. The lowest BCUT2D eigenvalue weighted by Crippen LogP contribution is -2.39. The highest BCUT2D eigenvalue weighted by molar-refractivity contribution is 6.01. The van der Waals surface area contributed by atoms with Gasteiger partial charge in [0.2, 0.25) is 0 Å². The molecule has 1 heterocycles. The van der Waals surface area contributed by atoms with E-state index in [0.29, 0.717) is 11.3 Å². The first-order valence-electron chi connectivity index (χ1n) is 5.77. The minimum atomic E-state index is -1.50. The number of methoxy groups -OCH3 is 1. The molecule has 6 heteroatoms. The lowest BCUT2D eigenvalue weighted by atomic mass is 10.0. The Bertz CT molecular complexity index is 526. The van der Waals surface area contributed by atoms with Crippen molar-refractivity contribution in [2.45, 2.75) is 18.6 Å². The molecular formula is C13H15NO5. The molecule has 1 amide bonds. The number of rotatable bonds is 2. The number of carbonyl (C=O) groups is 2. The molecule has 1 saturated heterocycles. The van der Waals surface area contributed by atoms with Gasteiger partial charge in [0.25, 0.3) is 5.91 Å². The van der Waals surface area contributed by atoms with Gasteiger partial charge in [-0.05, 0) is 25.1 Å². The van der Waals surface area contributed by atoms with E-state index < -0.39 is 23.6 Å². The maximum absolute atomic E-state index is 11.9. The summed E-state index contributed by atoms with van der Waals surface area (Å²) in [6.45, 7) is 1.36. The van der Waals surface area contributed by atoms with E-state index in [9.17, 15) is 19.8 Å². The van der Waals surface area contributed by atoms with Gasteiger partial charge in [-0.3, -0.25) is 4.79 Å².